The quantitative estimate of drug-likeness (QED) is 0.0867. The molecule has 0 unspecified atom stereocenters. The van der Waals surface area contributed by atoms with E-state index in [1.165, 1.54) is 19.3 Å². The molecule has 2 saturated heterocycles. The van der Waals surface area contributed by atoms with Crippen LogP contribution in [0, 0.1) is 0 Å². The number of likely N-dealkylation sites (tertiary alicyclic amines) is 1. The molecule has 5 rings (SSSR count). The molecular weight excluding hydrogens is 594 g/mol. The first-order valence-electron chi connectivity index (χ1n) is 17.1. The molecule has 2 aliphatic rings. The normalized spacial score (nSPS) is 20.1. The van der Waals surface area contributed by atoms with E-state index in [1.54, 1.807) is 5.48 Å². The summed E-state index contributed by atoms with van der Waals surface area (Å²) >= 11 is 0. The molecule has 9 nitrogen and oxygen atoms in total. The third-order valence-corrected chi connectivity index (χ3v) is 9.12. The van der Waals surface area contributed by atoms with E-state index < -0.39 is 6.29 Å². The number of aliphatic hydroxyl groups is 1. The van der Waals surface area contributed by atoms with Gasteiger partial charge in [-0.1, -0.05) is 79.9 Å². The SMILES string of the molecule is O=C(CCCCCCC(=O)NCc1cccc(-c2cccc([C@@H]3O[C@H](CN4CCCCC4)C[C@H](c4ccc(CO)cc4)O3)c2)c1)NO. The molecule has 0 saturated carbocycles. The van der Waals surface area contributed by atoms with Gasteiger partial charge in [0, 0.05) is 37.9 Å². The lowest BCUT2D eigenvalue weighted by Crippen LogP contribution is -2.41. The summed E-state index contributed by atoms with van der Waals surface area (Å²) < 4.78 is 13.3. The van der Waals surface area contributed by atoms with E-state index in [9.17, 15) is 14.7 Å². The van der Waals surface area contributed by atoms with Crippen LogP contribution in [0.5, 0.6) is 0 Å². The standard InChI is InChI=1S/C38H49N3O6/c42-27-28-16-18-30(19-17-28)35-24-34(26-41-20-6-3-7-21-41)46-38(47-35)33-13-9-12-32(23-33)31-11-8-10-29(22-31)25-39-36(43)14-4-1-2-5-15-37(44)40-45/h8-13,16-19,22-23,34-35,38,42,45H,1-7,14-15,20-21,24-27H2,(H,39,43)(H,40,44)/t34-,35+,38+/m0/s1. The van der Waals surface area contributed by atoms with Crippen LogP contribution in [0.25, 0.3) is 11.1 Å². The Morgan fingerprint density at radius 3 is 2.19 bits per heavy atom. The van der Waals surface area contributed by atoms with Crippen LogP contribution < -0.4 is 10.8 Å². The molecule has 0 aliphatic carbocycles. The van der Waals surface area contributed by atoms with Gasteiger partial charge in [-0.05, 0) is 78.7 Å². The predicted octanol–water partition coefficient (Wildman–Crippen LogP) is 6.34. The summed E-state index contributed by atoms with van der Waals surface area (Å²) in [6.45, 7) is 3.59. The Hall–Kier alpha value is -3.60. The van der Waals surface area contributed by atoms with Crippen molar-refractivity contribution < 1.29 is 29.4 Å². The highest BCUT2D eigenvalue weighted by Gasteiger charge is 2.33. The lowest BCUT2D eigenvalue weighted by molar-refractivity contribution is -0.253. The van der Waals surface area contributed by atoms with E-state index in [0.29, 0.717) is 25.8 Å². The van der Waals surface area contributed by atoms with Gasteiger partial charge in [0.05, 0.1) is 18.8 Å². The van der Waals surface area contributed by atoms with Crippen LogP contribution in [-0.4, -0.2) is 52.8 Å². The molecular formula is C38H49N3O6. The highest BCUT2D eigenvalue weighted by molar-refractivity contribution is 5.76. The summed E-state index contributed by atoms with van der Waals surface area (Å²) in [4.78, 5) is 26.0. The van der Waals surface area contributed by atoms with Crippen molar-refractivity contribution in [2.45, 2.75) is 95.9 Å². The highest BCUT2D eigenvalue weighted by atomic mass is 16.7. The largest absolute Gasteiger partial charge is 0.392 e. The molecule has 9 heteroatoms. The van der Waals surface area contributed by atoms with Crippen molar-refractivity contribution in [3.05, 3.63) is 95.1 Å². The number of unbranched alkanes of at least 4 members (excludes halogenated alkanes) is 3. The average Bonchev–Trinajstić information content (AvgIpc) is 3.12. The van der Waals surface area contributed by atoms with E-state index in [-0.39, 0.29) is 30.6 Å². The van der Waals surface area contributed by atoms with Crippen molar-refractivity contribution in [2.75, 3.05) is 19.6 Å². The van der Waals surface area contributed by atoms with Gasteiger partial charge in [-0.25, -0.2) is 5.48 Å². The maximum atomic E-state index is 12.4. The number of ether oxygens (including phenoxy) is 2. The van der Waals surface area contributed by atoms with E-state index in [0.717, 1.165) is 78.7 Å². The monoisotopic (exact) mass is 643 g/mol. The predicted molar refractivity (Wildman–Crippen MR) is 180 cm³/mol. The van der Waals surface area contributed by atoms with Gasteiger partial charge in [0.25, 0.3) is 0 Å². The summed E-state index contributed by atoms with van der Waals surface area (Å²) in [5, 5.41) is 21.1. The molecule has 0 aromatic heterocycles. The summed E-state index contributed by atoms with van der Waals surface area (Å²) in [6.07, 6.45) is 7.87. The number of amides is 2. The number of carbonyl (C=O) groups excluding carboxylic acids is 2. The Morgan fingerprint density at radius 2 is 1.47 bits per heavy atom. The van der Waals surface area contributed by atoms with Gasteiger partial charge in [-0.15, -0.1) is 0 Å². The van der Waals surface area contributed by atoms with Crippen molar-refractivity contribution in [2.24, 2.45) is 0 Å². The average molecular weight is 644 g/mol. The molecule has 4 N–H and O–H groups in total. The molecule has 3 atom stereocenters. The Balaban J connectivity index is 1.21. The lowest BCUT2D eigenvalue weighted by Gasteiger charge is -2.39. The Morgan fingerprint density at radius 1 is 0.766 bits per heavy atom. The number of hydrogen-bond donors (Lipinski definition) is 4. The Kier molecular flexibility index (Phi) is 13.4. The summed E-state index contributed by atoms with van der Waals surface area (Å²) in [6, 6.07) is 24.6. The number of benzene rings is 3. The molecule has 2 amide bonds. The Bertz CT molecular complexity index is 1420. The summed E-state index contributed by atoms with van der Waals surface area (Å²) in [5.41, 5.74) is 7.73. The van der Waals surface area contributed by atoms with Crippen LogP contribution in [0.1, 0.15) is 98.9 Å². The molecule has 2 aliphatic heterocycles. The lowest BCUT2D eigenvalue weighted by atomic mass is 9.98. The van der Waals surface area contributed by atoms with E-state index >= 15 is 0 Å². The van der Waals surface area contributed by atoms with Gasteiger partial charge in [-0.2, -0.15) is 0 Å². The fraction of sp³-hybridized carbons (Fsp3) is 0.474. The van der Waals surface area contributed by atoms with Crippen LogP contribution in [0.15, 0.2) is 72.8 Å². The van der Waals surface area contributed by atoms with E-state index in [4.69, 9.17) is 14.7 Å². The molecule has 252 valence electrons. The van der Waals surface area contributed by atoms with Crippen LogP contribution in [0.3, 0.4) is 0 Å². The minimum atomic E-state index is -0.504. The number of nitrogens with zero attached hydrogens (tertiary/aromatic N) is 1. The number of hydroxylamine groups is 1. The molecule has 2 fully saturated rings. The smallest absolute Gasteiger partial charge is 0.243 e. The van der Waals surface area contributed by atoms with Crippen molar-refractivity contribution in [3.63, 3.8) is 0 Å². The third kappa shape index (κ3) is 10.7. The topological polar surface area (TPSA) is 120 Å². The molecule has 47 heavy (non-hydrogen) atoms. The van der Waals surface area contributed by atoms with Crippen LogP contribution in [0.2, 0.25) is 0 Å². The van der Waals surface area contributed by atoms with Gasteiger partial charge in [-0.3, -0.25) is 14.8 Å². The van der Waals surface area contributed by atoms with Gasteiger partial charge in [0.2, 0.25) is 11.8 Å². The number of nitrogens with one attached hydrogen (secondary N) is 2. The molecule has 2 heterocycles. The van der Waals surface area contributed by atoms with Crippen LogP contribution in [-0.2, 0) is 32.2 Å². The first kappa shape index (κ1) is 34.7. The number of carbonyl (C=O) groups is 2. The second-order valence-electron chi connectivity index (χ2n) is 12.8. The second-order valence-corrected chi connectivity index (χ2v) is 12.8. The van der Waals surface area contributed by atoms with Crippen LogP contribution >= 0.6 is 0 Å². The zero-order chi connectivity index (χ0) is 32.8. The minimum Gasteiger partial charge on any atom is -0.392 e. The third-order valence-electron chi connectivity index (χ3n) is 9.12. The number of piperidine rings is 1. The van der Waals surface area contributed by atoms with Crippen LogP contribution in [0.4, 0.5) is 0 Å². The molecule has 3 aromatic carbocycles. The van der Waals surface area contributed by atoms with Crippen molar-refractivity contribution in [1.82, 2.24) is 15.7 Å². The summed E-state index contributed by atoms with van der Waals surface area (Å²) in [7, 11) is 0. The summed E-state index contributed by atoms with van der Waals surface area (Å²) in [5.74, 6) is -0.365. The van der Waals surface area contributed by atoms with Gasteiger partial charge >= 0.3 is 0 Å². The first-order chi connectivity index (χ1) is 23.0. The number of hydrogen-bond acceptors (Lipinski definition) is 7. The van der Waals surface area contributed by atoms with Gasteiger partial charge < -0.3 is 24.8 Å². The zero-order valence-corrected chi connectivity index (χ0v) is 27.2. The first-order valence-corrected chi connectivity index (χ1v) is 17.1. The maximum Gasteiger partial charge on any atom is 0.243 e. The second kappa shape index (κ2) is 18.1. The van der Waals surface area contributed by atoms with E-state index in [2.05, 4.69) is 52.7 Å². The highest BCUT2D eigenvalue weighted by Crippen LogP contribution is 2.39. The molecule has 3 aromatic rings. The molecule has 0 radical (unpaired) electrons. The fourth-order valence-corrected chi connectivity index (χ4v) is 6.46. The zero-order valence-electron chi connectivity index (χ0n) is 27.2. The fourth-order valence-electron chi connectivity index (χ4n) is 6.46. The molecule has 0 bridgehead atoms. The van der Waals surface area contributed by atoms with Crippen molar-refractivity contribution in [1.29, 1.82) is 0 Å². The van der Waals surface area contributed by atoms with Gasteiger partial charge in [0.15, 0.2) is 6.29 Å². The van der Waals surface area contributed by atoms with Crippen molar-refractivity contribution >= 4 is 11.8 Å². The van der Waals surface area contributed by atoms with Gasteiger partial charge in [0.1, 0.15) is 0 Å². The number of rotatable bonds is 15. The Labute approximate surface area is 278 Å². The maximum absolute atomic E-state index is 12.4. The van der Waals surface area contributed by atoms with E-state index in [1.807, 2.05) is 30.3 Å². The van der Waals surface area contributed by atoms with Crippen molar-refractivity contribution in [3.8, 4) is 11.1 Å². The molecule has 0 spiro atoms. The number of aliphatic hydroxyl groups excluding tert-OH is 1. The minimum absolute atomic E-state index is 0.0109.